The fourth-order valence-electron chi connectivity index (χ4n) is 1.37. The van der Waals surface area contributed by atoms with Crippen LogP contribution < -0.4 is 10.9 Å². The van der Waals surface area contributed by atoms with Crippen LogP contribution in [-0.4, -0.2) is 26.4 Å². The third-order valence-corrected chi connectivity index (χ3v) is 3.46. The van der Waals surface area contributed by atoms with Gasteiger partial charge in [-0.2, -0.15) is 5.10 Å². The molecule has 0 aliphatic rings. The fraction of sp³-hybridized carbons (Fsp3) is 0.455. The molecule has 0 spiro atoms. The van der Waals surface area contributed by atoms with Gasteiger partial charge in [-0.1, -0.05) is 18.3 Å². The molecule has 2 N–H and O–H groups in total. The van der Waals surface area contributed by atoms with Crippen LogP contribution in [0.5, 0.6) is 0 Å². The third-order valence-electron chi connectivity index (χ3n) is 2.57. The van der Waals surface area contributed by atoms with Crippen molar-refractivity contribution in [3.8, 4) is 10.6 Å². The van der Waals surface area contributed by atoms with E-state index in [1.807, 2.05) is 6.92 Å². The van der Waals surface area contributed by atoms with E-state index in [1.54, 1.807) is 6.07 Å². The number of rotatable bonds is 4. The molecule has 6 nitrogen and oxygen atoms in total. The lowest BCUT2D eigenvalue weighted by Crippen LogP contribution is -2.12. The molecule has 18 heavy (non-hydrogen) atoms. The standard InChI is InChI=1S/C11H15N5OS/c1-4-6(2)12-11-16-15-10(18-11)8-5-7(3)13-14-9(8)17/h5-6H,4H2,1-3H3,(H,12,16)(H,14,17). The molecule has 0 radical (unpaired) electrons. The van der Waals surface area contributed by atoms with Crippen molar-refractivity contribution in [3.63, 3.8) is 0 Å². The molecule has 0 amide bonds. The number of aryl methyl sites for hydroxylation is 1. The van der Waals surface area contributed by atoms with Gasteiger partial charge in [-0.25, -0.2) is 5.10 Å². The zero-order chi connectivity index (χ0) is 13.1. The zero-order valence-electron chi connectivity index (χ0n) is 10.5. The first kappa shape index (κ1) is 12.7. The molecule has 96 valence electrons. The Morgan fingerprint density at radius 2 is 2.28 bits per heavy atom. The summed E-state index contributed by atoms with van der Waals surface area (Å²) in [5.74, 6) is 0. The molecule has 7 heteroatoms. The summed E-state index contributed by atoms with van der Waals surface area (Å²) in [6.45, 7) is 5.99. The summed E-state index contributed by atoms with van der Waals surface area (Å²) >= 11 is 1.37. The average Bonchev–Trinajstić information content (AvgIpc) is 2.80. The summed E-state index contributed by atoms with van der Waals surface area (Å²) in [6.07, 6.45) is 1.00. The summed E-state index contributed by atoms with van der Waals surface area (Å²) in [7, 11) is 0. The Hall–Kier alpha value is -1.76. The molecule has 0 aromatic carbocycles. The molecular weight excluding hydrogens is 250 g/mol. The van der Waals surface area contributed by atoms with Crippen LogP contribution in [0.3, 0.4) is 0 Å². The Labute approximate surface area is 108 Å². The molecule has 0 saturated carbocycles. The van der Waals surface area contributed by atoms with Crippen LogP contribution in [0.2, 0.25) is 0 Å². The first-order valence-electron chi connectivity index (χ1n) is 5.77. The normalized spacial score (nSPS) is 12.4. The molecule has 2 aromatic rings. The highest BCUT2D eigenvalue weighted by atomic mass is 32.1. The first-order valence-corrected chi connectivity index (χ1v) is 6.58. The van der Waals surface area contributed by atoms with Crippen molar-refractivity contribution >= 4 is 16.5 Å². The summed E-state index contributed by atoms with van der Waals surface area (Å²) < 4.78 is 0. The van der Waals surface area contributed by atoms with Gasteiger partial charge in [-0.15, -0.1) is 10.2 Å². The van der Waals surface area contributed by atoms with E-state index in [0.29, 0.717) is 16.6 Å². The highest BCUT2D eigenvalue weighted by Gasteiger charge is 2.11. The minimum atomic E-state index is -0.244. The average molecular weight is 265 g/mol. The Morgan fingerprint density at radius 3 is 3.00 bits per heavy atom. The van der Waals surface area contributed by atoms with Crippen molar-refractivity contribution in [2.45, 2.75) is 33.2 Å². The number of aromatic amines is 1. The van der Waals surface area contributed by atoms with Gasteiger partial charge in [-0.3, -0.25) is 4.79 Å². The lowest BCUT2D eigenvalue weighted by atomic mass is 10.3. The van der Waals surface area contributed by atoms with Gasteiger partial charge >= 0.3 is 0 Å². The monoisotopic (exact) mass is 265 g/mol. The summed E-state index contributed by atoms with van der Waals surface area (Å²) in [6, 6.07) is 2.05. The van der Waals surface area contributed by atoms with E-state index in [9.17, 15) is 4.79 Å². The predicted molar refractivity (Wildman–Crippen MR) is 71.9 cm³/mol. The molecule has 0 aliphatic carbocycles. The van der Waals surface area contributed by atoms with Crippen LogP contribution in [0.1, 0.15) is 26.0 Å². The van der Waals surface area contributed by atoms with Crippen LogP contribution in [0.25, 0.3) is 10.6 Å². The minimum absolute atomic E-state index is 0.244. The molecule has 2 aromatic heterocycles. The summed E-state index contributed by atoms with van der Waals surface area (Å²) in [4.78, 5) is 11.7. The summed E-state index contributed by atoms with van der Waals surface area (Å²) in [5.41, 5.74) is 1.01. The molecule has 0 aliphatic heterocycles. The number of anilines is 1. The van der Waals surface area contributed by atoms with Crippen molar-refractivity contribution < 1.29 is 0 Å². The van der Waals surface area contributed by atoms with E-state index in [1.165, 1.54) is 11.3 Å². The molecule has 0 saturated heterocycles. The number of nitrogens with zero attached hydrogens (tertiary/aromatic N) is 3. The molecule has 1 atom stereocenters. The van der Waals surface area contributed by atoms with Gasteiger partial charge in [0, 0.05) is 6.04 Å². The second kappa shape index (κ2) is 5.26. The topological polar surface area (TPSA) is 83.6 Å². The zero-order valence-corrected chi connectivity index (χ0v) is 11.3. The smallest absolute Gasteiger partial charge is 0.274 e. The van der Waals surface area contributed by atoms with Crippen LogP contribution >= 0.6 is 11.3 Å². The van der Waals surface area contributed by atoms with Crippen LogP contribution in [0, 0.1) is 6.92 Å². The van der Waals surface area contributed by atoms with Crippen LogP contribution in [0.4, 0.5) is 5.13 Å². The third kappa shape index (κ3) is 2.73. The molecular formula is C11H15N5OS. The Bertz CT molecular complexity index is 591. The predicted octanol–water partition coefficient (Wildman–Crippen LogP) is 1.81. The Morgan fingerprint density at radius 1 is 1.50 bits per heavy atom. The number of H-pyrrole nitrogens is 1. The second-order valence-electron chi connectivity index (χ2n) is 4.12. The lowest BCUT2D eigenvalue weighted by Gasteiger charge is -2.07. The number of aromatic nitrogens is 4. The summed E-state index contributed by atoms with van der Waals surface area (Å²) in [5, 5.41) is 18.9. The quantitative estimate of drug-likeness (QED) is 0.880. The first-order chi connectivity index (χ1) is 8.60. The fourth-order valence-corrected chi connectivity index (χ4v) is 2.24. The Balaban J connectivity index is 2.29. The maximum absolute atomic E-state index is 11.7. The van der Waals surface area contributed by atoms with E-state index in [2.05, 4.69) is 39.6 Å². The van der Waals surface area contributed by atoms with Crippen molar-refractivity contribution in [2.75, 3.05) is 5.32 Å². The van der Waals surface area contributed by atoms with Gasteiger partial charge in [0.25, 0.3) is 5.56 Å². The second-order valence-corrected chi connectivity index (χ2v) is 5.10. The van der Waals surface area contributed by atoms with Crippen molar-refractivity contribution in [1.82, 2.24) is 20.4 Å². The van der Waals surface area contributed by atoms with E-state index in [4.69, 9.17) is 0 Å². The molecule has 1 unspecified atom stereocenters. The SMILES string of the molecule is CCC(C)Nc1nnc(-c2cc(C)n[nH]c2=O)s1. The van der Waals surface area contributed by atoms with Gasteiger partial charge in [0.15, 0.2) is 5.01 Å². The van der Waals surface area contributed by atoms with Gasteiger partial charge in [-0.05, 0) is 26.3 Å². The number of nitrogens with one attached hydrogen (secondary N) is 2. The molecule has 0 fully saturated rings. The minimum Gasteiger partial charge on any atom is -0.358 e. The maximum atomic E-state index is 11.7. The van der Waals surface area contributed by atoms with Gasteiger partial charge in [0.1, 0.15) is 0 Å². The van der Waals surface area contributed by atoms with E-state index in [-0.39, 0.29) is 5.56 Å². The molecule has 2 rings (SSSR count). The van der Waals surface area contributed by atoms with E-state index < -0.39 is 0 Å². The Kier molecular flexibility index (Phi) is 3.71. The largest absolute Gasteiger partial charge is 0.358 e. The van der Waals surface area contributed by atoms with E-state index in [0.717, 1.165) is 17.2 Å². The highest BCUT2D eigenvalue weighted by molar-refractivity contribution is 7.18. The number of hydrogen-bond acceptors (Lipinski definition) is 6. The van der Waals surface area contributed by atoms with Crippen LogP contribution in [0.15, 0.2) is 10.9 Å². The van der Waals surface area contributed by atoms with Gasteiger partial charge < -0.3 is 5.32 Å². The van der Waals surface area contributed by atoms with Crippen molar-refractivity contribution in [2.24, 2.45) is 0 Å². The molecule has 0 bridgehead atoms. The van der Waals surface area contributed by atoms with Crippen molar-refractivity contribution in [1.29, 1.82) is 0 Å². The van der Waals surface area contributed by atoms with Crippen LogP contribution in [-0.2, 0) is 0 Å². The maximum Gasteiger partial charge on any atom is 0.274 e. The van der Waals surface area contributed by atoms with Gasteiger partial charge in [0.05, 0.1) is 11.3 Å². The highest BCUT2D eigenvalue weighted by Crippen LogP contribution is 2.24. The lowest BCUT2D eigenvalue weighted by molar-refractivity contribution is 0.760. The van der Waals surface area contributed by atoms with Crippen molar-refractivity contribution in [3.05, 3.63) is 22.1 Å². The number of hydrogen-bond donors (Lipinski definition) is 2. The van der Waals surface area contributed by atoms with Gasteiger partial charge in [0.2, 0.25) is 5.13 Å². The van der Waals surface area contributed by atoms with E-state index >= 15 is 0 Å². The molecule has 2 heterocycles.